The highest BCUT2D eigenvalue weighted by Crippen LogP contribution is 2.31. The molecule has 6 rings (SSSR count). The molecule has 0 saturated carbocycles. The van der Waals surface area contributed by atoms with E-state index in [2.05, 4.69) is 20.8 Å². The minimum atomic E-state index is -0.922. The molecule has 15 nitrogen and oxygen atoms in total. The molecule has 10 N–H and O–H groups in total. The van der Waals surface area contributed by atoms with Crippen LogP contribution in [0.3, 0.4) is 0 Å². The number of nitriles is 1. The summed E-state index contributed by atoms with van der Waals surface area (Å²) in [4.78, 5) is 26.5. The maximum Gasteiger partial charge on any atom is 0.335 e. The van der Waals surface area contributed by atoms with Crippen LogP contribution in [0.4, 0.5) is 39.8 Å². The number of carboxylic acid groups (broad SMARTS) is 1. The number of hydrogen-bond acceptors (Lipinski definition) is 12. The fourth-order valence-corrected chi connectivity index (χ4v) is 5.40. The number of ether oxygens (including phenoxy) is 4. The number of anilines is 6. The van der Waals surface area contributed by atoms with Crippen LogP contribution < -0.4 is 52.1 Å². The van der Waals surface area contributed by atoms with Crippen molar-refractivity contribution < 1.29 is 33.6 Å². The molecule has 0 saturated heterocycles. The zero-order valence-corrected chi connectivity index (χ0v) is 34.0. The number of carbonyl (C=O) groups is 2. The second-order valence-electron chi connectivity index (χ2n) is 12.8. The zero-order chi connectivity index (χ0) is 44.3. The van der Waals surface area contributed by atoms with Crippen LogP contribution >= 0.6 is 0 Å². The van der Waals surface area contributed by atoms with Crippen LogP contribution in [-0.4, -0.2) is 45.4 Å². The van der Waals surface area contributed by atoms with Crippen LogP contribution in [0.1, 0.15) is 37.4 Å². The van der Waals surface area contributed by atoms with E-state index in [4.69, 9.17) is 53.1 Å². The first kappa shape index (κ1) is 45.1. The molecule has 312 valence electrons. The first-order chi connectivity index (χ1) is 29.4. The summed E-state index contributed by atoms with van der Waals surface area (Å²) in [6.07, 6.45) is 0. The Morgan fingerprint density at radius 1 is 0.623 bits per heavy atom. The minimum Gasteiger partial charge on any atom is -0.493 e. The molecule has 61 heavy (non-hydrogen) atoms. The maximum absolute atomic E-state index is 12.5. The van der Waals surface area contributed by atoms with Crippen LogP contribution in [0.5, 0.6) is 23.0 Å². The first-order valence-electron chi connectivity index (χ1n) is 18.4. The van der Waals surface area contributed by atoms with E-state index in [-0.39, 0.29) is 11.5 Å². The molecule has 0 spiro atoms. The van der Waals surface area contributed by atoms with E-state index < -0.39 is 5.97 Å². The van der Waals surface area contributed by atoms with Crippen molar-refractivity contribution in [3.05, 3.63) is 161 Å². The molecular weight excluding hydrogens is 777 g/mol. The van der Waals surface area contributed by atoms with Crippen molar-refractivity contribution >= 4 is 51.7 Å². The molecule has 0 aliphatic heterocycles. The lowest BCUT2D eigenvalue weighted by Crippen LogP contribution is -2.13. The van der Waals surface area contributed by atoms with Crippen LogP contribution in [-0.2, 0) is 13.1 Å². The van der Waals surface area contributed by atoms with Crippen molar-refractivity contribution in [2.75, 3.05) is 61.6 Å². The fraction of sp³-hybridized carbons (Fsp3) is 0.130. The summed E-state index contributed by atoms with van der Waals surface area (Å²) in [5, 5.41) is 27.2. The monoisotopic (exact) mass is 822 g/mol. The van der Waals surface area contributed by atoms with Gasteiger partial charge in [-0.2, -0.15) is 5.26 Å². The Kier molecular flexibility index (Phi) is 16.6. The number of nitrogens with one attached hydrogen (secondary N) is 3. The molecule has 6 aromatic carbocycles. The SMILES string of the molecule is COc1ccc(NCc2ccc(C(=O)Nc3cc(C#N)ccc3N)cc2)cc1OC.COc1ccc(NCc2ccc(C(=O)O)cc2)cc1OC.[C-]#[N+]c1ccc(N)c(N)c1. The number of methoxy groups -OCH3 is 4. The molecule has 0 radical (unpaired) electrons. The predicted octanol–water partition coefficient (Wildman–Crippen LogP) is 8.44. The van der Waals surface area contributed by atoms with E-state index in [1.165, 1.54) is 0 Å². The highest BCUT2D eigenvalue weighted by Gasteiger charge is 2.10. The molecule has 0 aliphatic rings. The number of nitrogens with two attached hydrogens (primary N) is 3. The Bertz CT molecular complexity index is 2520. The Labute approximate surface area is 354 Å². The molecule has 15 heteroatoms. The largest absolute Gasteiger partial charge is 0.493 e. The average Bonchev–Trinajstić information content (AvgIpc) is 3.29. The van der Waals surface area contributed by atoms with Gasteiger partial charge in [-0.3, -0.25) is 4.79 Å². The van der Waals surface area contributed by atoms with Gasteiger partial charge in [-0.05, 0) is 90.0 Å². The van der Waals surface area contributed by atoms with Gasteiger partial charge < -0.3 is 57.2 Å². The Morgan fingerprint density at radius 2 is 1.11 bits per heavy atom. The van der Waals surface area contributed by atoms with Crippen LogP contribution in [0.2, 0.25) is 0 Å². The average molecular weight is 823 g/mol. The van der Waals surface area contributed by atoms with Gasteiger partial charge in [0.25, 0.3) is 5.91 Å². The lowest BCUT2D eigenvalue weighted by molar-refractivity contribution is 0.0696. The predicted molar refractivity (Wildman–Crippen MR) is 239 cm³/mol. The highest BCUT2D eigenvalue weighted by molar-refractivity contribution is 6.05. The maximum atomic E-state index is 12.5. The molecule has 0 aliphatic carbocycles. The van der Waals surface area contributed by atoms with Crippen LogP contribution in [0.15, 0.2) is 121 Å². The summed E-state index contributed by atoms with van der Waals surface area (Å²) in [7, 11) is 6.37. The van der Waals surface area contributed by atoms with Crippen LogP contribution in [0.25, 0.3) is 4.85 Å². The normalized spacial score (nSPS) is 9.80. The third-order valence-electron chi connectivity index (χ3n) is 8.81. The van der Waals surface area contributed by atoms with Crippen molar-refractivity contribution in [3.8, 4) is 29.1 Å². The molecule has 0 heterocycles. The summed E-state index contributed by atoms with van der Waals surface area (Å²) in [6, 6.07) is 36.8. The second kappa shape index (κ2) is 22.4. The number of hydrogen-bond donors (Lipinski definition) is 7. The van der Waals surface area contributed by atoms with Crippen molar-refractivity contribution in [1.29, 1.82) is 5.26 Å². The van der Waals surface area contributed by atoms with E-state index in [1.807, 2.05) is 54.6 Å². The van der Waals surface area contributed by atoms with E-state index in [1.54, 1.807) is 101 Å². The van der Waals surface area contributed by atoms with Gasteiger partial charge in [0.1, 0.15) is 0 Å². The van der Waals surface area contributed by atoms with E-state index >= 15 is 0 Å². The number of carbonyl (C=O) groups excluding carboxylic acids is 1. The van der Waals surface area contributed by atoms with Gasteiger partial charge in [-0.1, -0.05) is 30.3 Å². The molecule has 0 aromatic heterocycles. The fourth-order valence-electron chi connectivity index (χ4n) is 5.40. The van der Waals surface area contributed by atoms with E-state index in [9.17, 15) is 9.59 Å². The molecule has 0 unspecified atom stereocenters. The van der Waals surface area contributed by atoms with Crippen molar-refractivity contribution in [2.45, 2.75) is 13.1 Å². The molecule has 0 bridgehead atoms. The summed E-state index contributed by atoms with van der Waals surface area (Å²) in [5.41, 5.74) is 24.0. The van der Waals surface area contributed by atoms with E-state index in [0.29, 0.717) is 75.7 Å². The number of benzene rings is 6. The second-order valence-corrected chi connectivity index (χ2v) is 12.8. The quantitative estimate of drug-likeness (QED) is 0.0429. The minimum absolute atomic E-state index is 0.282. The standard InChI is InChI=1S/C23H22N4O3.C16H17NO4.C7H7N3/c1-29-21-10-8-18(12-22(21)30-2)26-14-15-3-6-17(7-4-15)23(28)27-20-11-16(13-24)5-9-19(20)25;1-20-14-8-7-13(9-15(14)21-2)17-10-11-3-5-12(6-4-11)16(18)19;1-10-5-2-3-6(8)7(9)4-5/h3-12,26H,14,25H2,1-2H3,(H,27,28);3-9,17H,10H2,1-2H3,(H,18,19);2-4H,8-9H2. The Hall–Kier alpha value is -8.56. The van der Waals surface area contributed by atoms with Gasteiger partial charge in [0.05, 0.1) is 69.3 Å². The van der Waals surface area contributed by atoms with Gasteiger partial charge >= 0.3 is 5.97 Å². The van der Waals surface area contributed by atoms with Crippen molar-refractivity contribution in [3.63, 3.8) is 0 Å². The summed E-state index contributed by atoms with van der Waals surface area (Å²) in [5.74, 6) is 1.43. The molecule has 0 atom stereocenters. The zero-order valence-electron chi connectivity index (χ0n) is 34.0. The van der Waals surface area contributed by atoms with E-state index in [0.717, 1.165) is 22.5 Å². The highest BCUT2D eigenvalue weighted by atomic mass is 16.5. The molecular formula is C46H46N8O7. The molecule has 1 amide bonds. The van der Waals surface area contributed by atoms with Gasteiger partial charge in [0.15, 0.2) is 28.7 Å². The molecule has 6 aromatic rings. The lowest BCUT2D eigenvalue weighted by Gasteiger charge is -2.12. The lowest BCUT2D eigenvalue weighted by atomic mass is 10.1. The summed E-state index contributed by atoms with van der Waals surface area (Å²) in [6.45, 7) is 7.81. The topological polar surface area (TPSA) is 234 Å². The number of nitrogens with zero attached hydrogens (tertiary/aromatic N) is 2. The number of carboxylic acids is 1. The van der Waals surface area contributed by atoms with Gasteiger partial charge in [0.2, 0.25) is 0 Å². The van der Waals surface area contributed by atoms with Gasteiger partial charge in [-0.25, -0.2) is 9.64 Å². The van der Waals surface area contributed by atoms with Crippen molar-refractivity contribution in [1.82, 2.24) is 0 Å². The number of rotatable bonds is 13. The summed E-state index contributed by atoms with van der Waals surface area (Å²) < 4.78 is 21.0. The Balaban J connectivity index is 0.000000228. The third kappa shape index (κ3) is 13.2. The number of amides is 1. The van der Waals surface area contributed by atoms with Crippen LogP contribution in [0, 0.1) is 17.9 Å². The molecule has 0 fully saturated rings. The van der Waals surface area contributed by atoms with Gasteiger partial charge in [-0.15, -0.1) is 0 Å². The summed E-state index contributed by atoms with van der Waals surface area (Å²) >= 11 is 0. The van der Waals surface area contributed by atoms with Crippen molar-refractivity contribution in [2.24, 2.45) is 0 Å². The smallest absolute Gasteiger partial charge is 0.335 e. The van der Waals surface area contributed by atoms with Gasteiger partial charge in [0, 0.05) is 47.8 Å². The number of nitrogen functional groups attached to an aromatic ring is 3. The number of aromatic carboxylic acids is 1. The third-order valence-corrected chi connectivity index (χ3v) is 8.81. The first-order valence-corrected chi connectivity index (χ1v) is 18.4. The Morgan fingerprint density at radius 3 is 1.56 bits per heavy atom.